The third-order valence-corrected chi connectivity index (χ3v) is 4.09. The molecule has 3 rings (SSSR count). The Bertz CT molecular complexity index is 339. The second-order valence-electron chi connectivity index (χ2n) is 4.17. The van der Waals surface area contributed by atoms with Crippen LogP contribution in [-0.4, -0.2) is 5.16 Å². The minimum Gasteiger partial charge on any atom is -0.380 e. The topological polar surface area (TPSA) is 52.0 Å². The lowest BCUT2D eigenvalue weighted by Crippen LogP contribution is -1.94. The quantitative estimate of drug-likeness (QED) is 0.824. The van der Waals surface area contributed by atoms with Gasteiger partial charge in [0.2, 0.25) is 0 Å². The SMILES string of the molecule is Nc1noc(C2CC3CC3C2)c1Br. The first-order valence-electron chi connectivity index (χ1n) is 4.66. The van der Waals surface area contributed by atoms with Crippen molar-refractivity contribution in [3.63, 3.8) is 0 Å². The predicted molar refractivity (Wildman–Crippen MR) is 52.2 cm³/mol. The van der Waals surface area contributed by atoms with Gasteiger partial charge in [0.15, 0.2) is 11.6 Å². The van der Waals surface area contributed by atoms with E-state index >= 15 is 0 Å². The van der Waals surface area contributed by atoms with Crippen LogP contribution < -0.4 is 5.73 Å². The lowest BCUT2D eigenvalue weighted by Gasteiger charge is -2.06. The first-order valence-corrected chi connectivity index (χ1v) is 5.45. The van der Waals surface area contributed by atoms with Crippen LogP contribution >= 0.6 is 15.9 Å². The van der Waals surface area contributed by atoms with E-state index in [1.165, 1.54) is 19.3 Å². The summed E-state index contributed by atoms with van der Waals surface area (Å²) in [6.07, 6.45) is 3.95. The highest BCUT2D eigenvalue weighted by molar-refractivity contribution is 9.10. The molecule has 2 aliphatic carbocycles. The second-order valence-corrected chi connectivity index (χ2v) is 4.96. The Kier molecular flexibility index (Phi) is 1.51. The zero-order chi connectivity index (χ0) is 9.00. The molecule has 0 saturated heterocycles. The molecule has 3 nitrogen and oxygen atoms in total. The monoisotopic (exact) mass is 242 g/mol. The van der Waals surface area contributed by atoms with Gasteiger partial charge in [0.05, 0.1) is 0 Å². The van der Waals surface area contributed by atoms with Crippen molar-refractivity contribution >= 4 is 21.7 Å². The average molecular weight is 243 g/mol. The van der Waals surface area contributed by atoms with E-state index in [4.69, 9.17) is 10.3 Å². The van der Waals surface area contributed by atoms with Crippen LogP contribution in [0.15, 0.2) is 9.00 Å². The number of hydrogen-bond donors (Lipinski definition) is 1. The van der Waals surface area contributed by atoms with Gasteiger partial charge in [-0.3, -0.25) is 0 Å². The summed E-state index contributed by atoms with van der Waals surface area (Å²) < 4.78 is 6.10. The van der Waals surface area contributed by atoms with Crippen LogP contribution in [0.1, 0.15) is 30.9 Å². The highest BCUT2D eigenvalue weighted by Crippen LogP contribution is 2.58. The number of fused-ring (bicyclic) bond motifs is 1. The van der Waals surface area contributed by atoms with E-state index in [9.17, 15) is 0 Å². The zero-order valence-corrected chi connectivity index (χ0v) is 8.75. The van der Waals surface area contributed by atoms with E-state index in [2.05, 4.69) is 21.1 Å². The first kappa shape index (κ1) is 7.85. The molecule has 1 aromatic rings. The molecule has 0 aromatic carbocycles. The summed E-state index contributed by atoms with van der Waals surface area (Å²) in [6.45, 7) is 0. The van der Waals surface area contributed by atoms with Crippen LogP contribution in [0.25, 0.3) is 0 Å². The summed E-state index contributed by atoms with van der Waals surface area (Å²) in [7, 11) is 0. The van der Waals surface area contributed by atoms with E-state index in [0.29, 0.717) is 11.7 Å². The third kappa shape index (κ3) is 1.11. The molecule has 2 fully saturated rings. The van der Waals surface area contributed by atoms with E-state index < -0.39 is 0 Å². The number of hydrogen-bond acceptors (Lipinski definition) is 3. The van der Waals surface area contributed by atoms with Gasteiger partial charge in [-0.1, -0.05) is 5.16 Å². The summed E-state index contributed by atoms with van der Waals surface area (Å²) >= 11 is 3.41. The van der Waals surface area contributed by atoms with Crippen molar-refractivity contribution in [1.29, 1.82) is 0 Å². The number of aromatic nitrogens is 1. The smallest absolute Gasteiger partial charge is 0.181 e. The Hall–Kier alpha value is -0.510. The molecule has 0 bridgehead atoms. The number of anilines is 1. The van der Waals surface area contributed by atoms with Gasteiger partial charge < -0.3 is 10.3 Å². The number of halogens is 1. The Balaban J connectivity index is 1.88. The molecule has 70 valence electrons. The first-order chi connectivity index (χ1) is 6.25. The number of nitrogens with two attached hydrogens (primary N) is 1. The summed E-state index contributed by atoms with van der Waals surface area (Å²) in [4.78, 5) is 0. The largest absolute Gasteiger partial charge is 0.380 e. The fraction of sp³-hybridized carbons (Fsp3) is 0.667. The fourth-order valence-electron chi connectivity index (χ4n) is 2.49. The Morgan fingerprint density at radius 3 is 2.54 bits per heavy atom. The molecule has 2 unspecified atom stereocenters. The molecule has 13 heavy (non-hydrogen) atoms. The maximum absolute atomic E-state index is 5.60. The van der Waals surface area contributed by atoms with E-state index in [1.54, 1.807) is 0 Å². The molecule has 2 N–H and O–H groups in total. The van der Waals surface area contributed by atoms with Crippen LogP contribution in [0.5, 0.6) is 0 Å². The summed E-state index contributed by atoms with van der Waals surface area (Å²) in [5.74, 6) is 3.93. The van der Waals surface area contributed by atoms with Crippen LogP contribution in [0.4, 0.5) is 5.82 Å². The van der Waals surface area contributed by atoms with E-state index in [0.717, 1.165) is 22.1 Å². The van der Waals surface area contributed by atoms with Crippen LogP contribution in [0.2, 0.25) is 0 Å². The number of nitrogens with zero attached hydrogens (tertiary/aromatic N) is 1. The van der Waals surface area contributed by atoms with Crippen molar-refractivity contribution in [2.75, 3.05) is 5.73 Å². The molecule has 4 heteroatoms. The average Bonchev–Trinajstić information content (AvgIpc) is 2.58. The minimum atomic E-state index is 0.482. The Morgan fingerprint density at radius 2 is 2.00 bits per heavy atom. The van der Waals surface area contributed by atoms with Gasteiger partial charge in [-0.25, -0.2) is 0 Å². The molecule has 2 saturated carbocycles. The number of rotatable bonds is 1. The molecular weight excluding hydrogens is 232 g/mol. The third-order valence-electron chi connectivity index (χ3n) is 3.30. The standard InChI is InChI=1S/C9H11BrN2O/c10-7-8(13-12-9(7)11)6-2-4-1-5(4)3-6/h4-6H,1-3H2,(H2,11,12). The van der Waals surface area contributed by atoms with Crippen molar-refractivity contribution < 1.29 is 4.52 Å². The maximum Gasteiger partial charge on any atom is 0.181 e. The summed E-state index contributed by atoms with van der Waals surface area (Å²) in [5, 5.41) is 3.76. The normalized spacial score (nSPS) is 36.2. The second kappa shape index (κ2) is 2.50. The van der Waals surface area contributed by atoms with Crippen LogP contribution in [0, 0.1) is 11.8 Å². The molecule has 0 aliphatic heterocycles. The van der Waals surface area contributed by atoms with Gasteiger partial charge in [0.1, 0.15) is 4.47 Å². The highest BCUT2D eigenvalue weighted by atomic mass is 79.9. The van der Waals surface area contributed by atoms with Gasteiger partial charge in [0, 0.05) is 5.92 Å². The van der Waals surface area contributed by atoms with Crippen molar-refractivity contribution in [3.05, 3.63) is 10.2 Å². The molecular formula is C9H11BrN2O. The predicted octanol–water partition coefficient (Wildman–Crippen LogP) is 2.53. The Labute approximate surface area is 84.8 Å². The molecule has 1 aromatic heterocycles. The van der Waals surface area contributed by atoms with Gasteiger partial charge in [-0.05, 0) is 47.0 Å². The molecule has 2 atom stereocenters. The zero-order valence-electron chi connectivity index (χ0n) is 7.16. The fourth-order valence-corrected chi connectivity index (χ4v) is 2.96. The molecule has 0 spiro atoms. The lowest BCUT2D eigenvalue weighted by atomic mass is 10.0. The van der Waals surface area contributed by atoms with E-state index in [1.807, 2.05) is 0 Å². The summed E-state index contributed by atoms with van der Waals surface area (Å²) in [6, 6.07) is 0. The maximum atomic E-state index is 5.60. The van der Waals surface area contributed by atoms with Crippen molar-refractivity contribution in [2.45, 2.75) is 25.2 Å². The lowest BCUT2D eigenvalue weighted by molar-refractivity contribution is 0.354. The van der Waals surface area contributed by atoms with Crippen molar-refractivity contribution in [1.82, 2.24) is 5.16 Å². The van der Waals surface area contributed by atoms with Gasteiger partial charge >= 0.3 is 0 Å². The van der Waals surface area contributed by atoms with Gasteiger partial charge in [-0.2, -0.15) is 0 Å². The van der Waals surface area contributed by atoms with Gasteiger partial charge in [-0.15, -0.1) is 0 Å². The van der Waals surface area contributed by atoms with E-state index in [-0.39, 0.29) is 0 Å². The highest BCUT2D eigenvalue weighted by Gasteiger charge is 2.47. The van der Waals surface area contributed by atoms with Gasteiger partial charge in [0.25, 0.3) is 0 Å². The Morgan fingerprint density at radius 1 is 1.31 bits per heavy atom. The van der Waals surface area contributed by atoms with Crippen molar-refractivity contribution in [2.24, 2.45) is 11.8 Å². The van der Waals surface area contributed by atoms with Crippen LogP contribution in [0.3, 0.4) is 0 Å². The number of nitrogen functional groups attached to an aromatic ring is 1. The van der Waals surface area contributed by atoms with Crippen LogP contribution in [-0.2, 0) is 0 Å². The summed E-state index contributed by atoms with van der Waals surface area (Å²) in [5.41, 5.74) is 5.60. The molecule has 1 heterocycles. The minimum absolute atomic E-state index is 0.482. The molecule has 0 radical (unpaired) electrons. The molecule has 2 aliphatic rings. The molecule has 0 amide bonds. The van der Waals surface area contributed by atoms with Crippen molar-refractivity contribution in [3.8, 4) is 0 Å².